The average Bonchev–Trinajstić information content (AvgIpc) is 2.35. The molecule has 0 saturated carbocycles. The third-order valence-electron chi connectivity index (χ3n) is 2.55. The summed E-state index contributed by atoms with van der Waals surface area (Å²) in [6.45, 7) is 4.19. The molecular weight excluding hydrogens is 208 g/mol. The summed E-state index contributed by atoms with van der Waals surface area (Å²) >= 11 is 0. The molecule has 86 valence electrons. The summed E-state index contributed by atoms with van der Waals surface area (Å²) in [4.78, 5) is 0. The number of hydrogen-bond donors (Lipinski definition) is 0. The summed E-state index contributed by atoms with van der Waals surface area (Å²) in [7, 11) is 1.68. The van der Waals surface area contributed by atoms with Crippen LogP contribution in [0.2, 0.25) is 0 Å². The quantitative estimate of drug-likeness (QED) is 0.668. The molecule has 1 nitrogen and oxygen atoms in total. The Balaban J connectivity index is 2.42. The lowest BCUT2D eigenvalue weighted by Crippen LogP contribution is -1.83. The number of benzene rings is 2. The maximum absolute atomic E-state index is 5.20. The highest BCUT2D eigenvalue weighted by Gasteiger charge is 1.97. The van der Waals surface area contributed by atoms with Crippen molar-refractivity contribution in [1.29, 1.82) is 0 Å². The van der Waals surface area contributed by atoms with Gasteiger partial charge in [-0.3, -0.25) is 0 Å². The summed E-state index contributed by atoms with van der Waals surface area (Å²) < 4.78 is 5.20. The first-order chi connectivity index (χ1) is 8.19. The van der Waals surface area contributed by atoms with Crippen LogP contribution in [-0.4, -0.2) is 7.11 Å². The van der Waals surface area contributed by atoms with Gasteiger partial charge in [0.1, 0.15) is 5.75 Å². The van der Waals surface area contributed by atoms with Gasteiger partial charge in [-0.2, -0.15) is 0 Å². The van der Waals surface area contributed by atoms with E-state index >= 15 is 0 Å². The van der Waals surface area contributed by atoms with Crippen LogP contribution in [0.3, 0.4) is 0 Å². The fourth-order valence-corrected chi connectivity index (χ4v) is 1.66. The molecule has 0 amide bonds. The molecule has 1 heteroatoms. The Morgan fingerprint density at radius 2 is 1.71 bits per heavy atom. The molecule has 0 fully saturated rings. The smallest absolute Gasteiger partial charge is 0.119 e. The Labute approximate surface area is 102 Å². The molecule has 0 spiro atoms. The SMILES string of the molecule is COc1ccc2cc(C#CC(C)C)ccc2c1. The van der Waals surface area contributed by atoms with Crippen molar-refractivity contribution in [2.75, 3.05) is 7.11 Å². The first-order valence-corrected chi connectivity index (χ1v) is 5.78. The molecule has 2 aromatic rings. The third-order valence-corrected chi connectivity index (χ3v) is 2.55. The minimum absolute atomic E-state index is 0.404. The van der Waals surface area contributed by atoms with Gasteiger partial charge in [-0.05, 0) is 35.0 Å². The highest BCUT2D eigenvalue weighted by atomic mass is 16.5. The maximum Gasteiger partial charge on any atom is 0.119 e. The average molecular weight is 224 g/mol. The van der Waals surface area contributed by atoms with Crippen molar-refractivity contribution in [1.82, 2.24) is 0 Å². The normalized spacial score (nSPS) is 10.1. The second kappa shape index (κ2) is 4.93. The second-order valence-electron chi connectivity index (χ2n) is 4.35. The Bertz CT molecular complexity index is 585. The Morgan fingerprint density at radius 3 is 2.41 bits per heavy atom. The minimum atomic E-state index is 0.404. The second-order valence-corrected chi connectivity index (χ2v) is 4.35. The molecule has 0 aromatic heterocycles. The van der Waals surface area contributed by atoms with E-state index in [1.807, 2.05) is 12.1 Å². The number of methoxy groups -OCH3 is 1. The molecule has 0 aliphatic rings. The van der Waals surface area contributed by atoms with Crippen molar-refractivity contribution < 1.29 is 4.74 Å². The lowest BCUT2D eigenvalue weighted by Gasteiger charge is -2.02. The maximum atomic E-state index is 5.20. The molecule has 0 N–H and O–H groups in total. The van der Waals surface area contributed by atoms with E-state index in [-0.39, 0.29) is 0 Å². The van der Waals surface area contributed by atoms with Crippen LogP contribution in [0.1, 0.15) is 19.4 Å². The summed E-state index contributed by atoms with van der Waals surface area (Å²) in [6, 6.07) is 12.3. The van der Waals surface area contributed by atoms with Crippen molar-refractivity contribution in [2.24, 2.45) is 5.92 Å². The number of hydrogen-bond acceptors (Lipinski definition) is 1. The van der Waals surface area contributed by atoms with Crippen LogP contribution >= 0.6 is 0 Å². The molecule has 17 heavy (non-hydrogen) atoms. The van der Waals surface area contributed by atoms with Crippen molar-refractivity contribution in [3.63, 3.8) is 0 Å². The predicted molar refractivity (Wildman–Crippen MR) is 72.2 cm³/mol. The van der Waals surface area contributed by atoms with E-state index in [9.17, 15) is 0 Å². The Morgan fingerprint density at radius 1 is 1.00 bits per heavy atom. The third kappa shape index (κ3) is 2.79. The van der Waals surface area contributed by atoms with Crippen LogP contribution in [0.4, 0.5) is 0 Å². The van der Waals surface area contributed by atoms with Gasteiger partial charge in [-0.15, -0.1) is 0 Å². The topological polar surface area (TPSA) is 9.23 Å². The molecule has 0 heterocycles. The zero-order valence-corrected chi connectivity index (χ0v) is 10.4. The summed E-state index contributed by atoms with van der Waals surface area (Å²) in [5, 5.41) is 2.38. The Kier molecular flexibility index (Phi) is 3.35. The van der Waals surface area contributed by atoms with E-state index in [1.165, 1.54) is 10.8 Å². The largest absolute Gasteiger partial charge is 0.497 e. The molecule has 0 aliphatic carbocycles. The van der Waals surface area contributed by atoms with Crippen molar-refractivity contribution in [3.8, 4) is 17.6 Å². The fraction of sp³-hybridized carbons (Fsp3) is 0.250. The molecule has 0 atom stereocenters. The van der Waals surface area contributed by atoms with Crippen LogP contribution in [0, 0.1) is 17.8 Å². The molecule has 0 bridgehead atoms. The molecule has 0 aliphatic heterocycles. The number of rotatable bonds is 1. The zero-order chi connectivity index (χ0) is 12.3. The molecular formula is C16H16O. The summed E-state index contributed by atoms with van der Waals surface area (Å²) in [5.74, 6) is 7.65. The van der Waals surface area contributed by atoms with E-state index < -0.39 is 0 Å². The van der Waals surface area contributed by atoms with E-state index in [2.05, 4.69) is 50.0 Å². The van der Waals surface area contributed by atoms with E-state index in [4.69, 9.17) is 4.74 Å². The number of ether oxygens (including phenoxy) is 1. The van der Waals surface area contributed by atoms with Gasteiger partial charge in [0.15, 0.2) is 0 Å². The summed E-state index contributed by atoms with van der Waals surface area (Å²) in [5.41, 5.74) is 1.07. The Hall–Kier alpha value is -1.94. The monoisotopic (exact) mass is 224 g/mol. The van der Waals surface area contributed by atoms with Gasteiger partial charge in [0.25, 0.3) is 0 Å². The van der Waals surface area contributed by atoms with Crippen LogP contribution in [0.15, 0.2) is 36.4 Å². The van der Waals surface area contributed by atoms with Gasteiger partial charge >= 0.3 is 0 Å². The van der Waals surface area contributed by atoms with Crippen LogP contribution in [0.25, 0.3) is 10.8 Å². The molecule has 0 unspecified atom stereocenters. The van der Waals surface area contributed by atoms with Gasteiger partial charge in [0.05, 0.1) is 7.11 Å². The van der Waals surface area contributed by atoms with Gasteiger partial charge in [0.2, 0.25) is 0 Å². The molecule has 0 radical (unpaired) electrons. The predicted octanol–water partition coefficient (Wildman–Crippen LogP) is 3.86. The summed E-state index contributed by atoms with van der Waals surface area (Å²) in [6.07, 6.45) is 0. The standard InChI is InChI=1S/C16H16O/c1-12(2)4-5-13-6-7-15-11-16(17-3)9-8-14(15)10-13/h6-12H,1-3H3. The van der Waals surface area contributed by atoms with Crippen molar-refractivity contribution >= 4 is 10.8 Å². The van der Waals surface area contributed by atoms with Crippen molar-refractivity contribution in [3.05, 3.63) is 42.0 Å². The van der Waals surface area contributed by atoms with Gasteiger partial charge in [0, 0.05) is 11.5 Å². The van der Waals surface area contributed by atoms with Gasteiger partial charge < -0.3 is 4.74 Å². The zero-order valence-electron chi connectivity index (χ0n) is 10.4. The van der Waals surface area contributed by atoms with Crippen LogP contribution in [0.5, 0.6) is 5.75 Å². The highest BCUT2D eigenvalue weighted by molar-refractivity contribution is 5.85. The number of fused-ring (bicyclic) bond motifs is 1. The highest BCUT2D eigenvalue weighted by Crippen LogP contribution is 2.21. The van der Waals surface area contributed by atoms with Gasteiger partial charge in [-0.25, -0.2) is 0 Å². The van der Waals surface area contributed by atoms with Crippen molar-refractivity contribution in [2.45, 2.75) is 13.8 Å². The van der Waals surface area contributed by atoms with E-state index in [1.54, 1.807) is 7.11 Å². The minimum Gasteiger partial charge on any atom is -0.497 e. The lowest BCUT2D eigenvalue weighted by molar-refractivity contribution is 0.415. The first-order valence-electron chi connectivity index (χ1n) is 5.78. The van der Waals surface area contributed by atoms with E-state index in [0.717, 1.165) is 11.3 Å². The van der Waals surface area contributed by atoms with E-state index in [0.29, 0.717) is 5.92 Å². The fourth-order valence-electron chi connectivity index (χ4n) is 1.66. The molecule has 2 rings (SSSR count). The molecule has 0 saturated heterocycles. The van der Waals surface area contributed by atoms with Crippen LogP contribution in [-0.2, 0) is 0 Å². The van der Waals surface area contributed by atoms with Crippen LogP contribution < -0.4 is 4.74 Å². The lowest BCUT2D eigenvalue weighted by atomic mass is 10.1. The first kappa shape index (κ1) is 11.5. The van der Waals surface area contributed by atoms with Gasteiger partial charge in [-0.1, -0.05) is 37.8 Å². The molecule has 2 aromatic carbocycles.